The molecular weight excluding hydrogens is 240 g/mol. The van der Waals surface area contributed by atoms with E-state index in [4.69, 9.17) is 10.5 Å². The summed E-state index contributed by atoms with van der Waals surface area (Å²) in [6.07, 6.45) is 10.9. The maximum atomic E-state index is 11.9. The van der Waals surface area contributed by atoms with Crippen molar-refractivity contribution in [1.29, 1.82) is 0 Å². The zero-order valence-corrected chi connectivity index (χ0v) is 12.0. The number of carbonyl (C=O) groups excluding carboxylic acids is 1. The second-order valence-corrected chi connectivity index (χ2v) is 6.23. The van der Waals surface area contributed by atoms with Crippen molar-refractivity contribution >= 4 is 5.91 Å². The van der Waals surface area contributed by atoms with Gasteiger partial charge in [0.25, 0.3) is 0 Å². The fraction of sp³-hybridized carbons (Fsp3) is 0.933. The molecule has 4 heteroatoms. The molecule has 1 heterocycles. The standard InChI is InChI=1S/C15H28N2O2/c16-15(8-3-1-4-9-15)12-14(18)17-10-7-13-6-2-5-11-19-13/h13H,1-12,16H2,(H,17,18). The van der Waals surface area contributed by atoms with Crippen LogP contribution in [0.15, 0.2) is 0 Å². The molecule has 1 unspecified atom stereocenters. The van der Waals surface area contributed by atoms with Gasteiger partial charge in [-0.2, -0.15) is 0 Å². The van der Waals surface area contributed by atoms with Crippen molar-refractivity contribution in [2.45, 2.75) is 75.9 Å². The van der Waals surface area contributed by atoms with Crippen molar-refractivity contribution in [2.75, 3.05) is 13.2 Å². The Balaban J connectivity index is 1.61. The molecule has 1 amide bonds. The third kappa shape index (κ3) is 5.11. The van der Waals surface area contributed by atoms with Gasteiger partial charge in [-0.05, 0) is 38.5 Å². The van der Waals surface area contributed by atoms with E-state index in [9.17, 15) is 4.79 Å². The number of hydrogen-bond donors (Lipinski definition) is 2. The van der Waals surface area contributed by atoms with Crippen LogP contribution in [0.4, 0.5) is 0 Å². The lowest BCUT2D eigenvalue weighted by atomic mass is 9.80. The predicted molar refractivity (Wildman–Crippen MR) is 75.8 cm³/mol. The fourth-order valence-corrected chi connectivity index (χ4v) is 3.22. The van der Waals surface area contributed by atoms with Gasteiger partial charge in [0.05, 0.1) is 6.10 Å². The summed E-state index contributed by atoms with van der Waals surface area (Å²) in [5.41, 5.74) is 6.04. The quantitative estimate of drug-likeness (QED) is 0.802. The van der Waals surface area contributed by atoms with Crippen LogP contribution in [0.2, 0.25) is 0 Å². The first-order chi connectivity index (χ1) is 9.18. The number of ether oxygens (including phenoxy) is 1. The van der Waals surface area contributed by atoms with E-state index in [2.05, 4.69) is 5.32 Å². The third-order valence-corrected chi connectivity index (χ3v) is 4.42. The Morgan fingerprint density at radius 3 is 2.68 bits per heavy atom. The van der Waals surface area contributed by atoms with Crippen LogP contribution in [0.5, 0.6) is 0 Å². The summed E-state index contributed by atoms with van der Waals surface area (Å²) >= 11 is 0. The summed E-state index contributed by atoms with van der Waals surface area (Å²) in [5.74, 6) is 0.111. The molecule has 0 bridgehead atoms. The molecule has 19 heavy (non-hydrogen) atoms. The molecule has 1 aliphatic carbocycles. The SMILES string of the molecule is NC1(CC(=O)NCCC2CCCCO2)CCCCC1. The van der Waals surface area contributed by atoms with E-state index < -0.39 is 0 Å². The number of hydrogen-bond acceptors (Lipinski definition) is 3. The molecule has 1 saturated heterocycles. The van der Waals surface area contributed by atoms with Crippen LogP contribution < -0.4 is 11.1 Å². The van der Waals surface area contributed by atoms with Crippen LogP contribution in [0.25, 0.3) is 0 Å². The van der Waals surface area contributed by atoms with E-state index in [1.807, 2.05) is 0 Å². The van der Waals surface area contributed by atoms with Gasteiger partial charge in [-0.15, -0.1) is 0 Å². The second kappa shape index (κ2) is 7.25. The Hall–Kier alpha value is -0.610. The normalized spacial score (nSPS) is 26.9. The summed E-state index contributed by atoms with van der Waals surface area (Å²) in [4.78, 5) is 11.9. The lowest BCUT2D eigenvalue weighted by Crippen LogP contribution is -2.46. The Morgan fingerprint density at radius 2 is 2.00 bits per heavy atom. The molecule has 2 fully saturated rings. The first-order valence-corrected chi connectivity index (χ1v) is 7.85. The average molecular weight is 268 g/mol. The molecule has 1 atom stereocenters. The Morgan fingerprint density at radius 1 is 1.21 bits per heavy atom. The van der Waals surface area contributed by atoms with Gasteiger partial charge in [-0.25, -0.2) is 0 Å². The van der Waals surface area contributed by atoms with Crippen molar-refractivity contribution < 1.29 is 9.53 Å². The number of nitrogens with one attached hydrogen (secondary N) is 1. The highest BCUT2D eigenvalue weighted by Gasteiger charge is 2.29. The highest BCUT2D eigenvalue weighted by atomic mass is 16.5. The van der Waals surface area contributed by atoms with Gasteiger partial charge in [-0.3, -0.25) is 4.79 Å². The number of rotatable bonds is 5. The zero-order valence-electron chi connectivity index (χ0n) is 12.0. The molecule has 3 N–H and O–H groups in total. The van der Waals surface area contributed by atoms with Gasteiger partial charge >= 0.3 is 0 Å². The summed E-state index contributed by atoms with van der Waals surface area (Å²) in [5, 5.41) is 3.00. The van der Waals surface area contributed by atoms with Crippen molar-refractivity contribution in [2.24, 2.45) is 5.73 Å². The molecule has 110 valence electrons. The van der Waals surface area contributed by atoms with Crippen molar-refractivity contribution in [3.8, 4) is 0 Å². The summed E-state index contributed by atoms with van der Waals surface area (Å²) in [7, 11) is 0. The predicted octanol–water partition coefficient (Wildman–Crippen LogP) is 2.11. The van der Waals surface area contributed by atoms with Crippen LogP contribution in [-0.4, -0.2) is 30.7 Å². The van der Waals surface area contributed by atoms with E-state index in [0.717, 1.165) is 38.8 Å². The fourth-order valence-electron chi connectivity index (χ4n) is 3.22. The molecular formula is C15H28N2O2. The first kappa shape index (κ1) is 14.8. The van der Waals surface area contributed by atoms with E-state index in [-0.39, 0.29) is 11.4 Å². The first-order valence-electron chi connectivity index (χ1n) is 7.85. The Kier molecular flexibility index (Phi) is 5.64. The summed E-state index contributed by atoms with van der Waals surface area (Å²) < 4.78 is 5.65. The topological polar surface area (TPSA) is 64.4 Å². The number of carbonyl (C=O) groups is 1. The van der Waals surface area contributed by atoms with Crippen LogP contribution in [-0.2, 0) is 9.53 Å². The van der Waals surface area contributed by atoms with Crippen LogP contribution in [0.1, 0.15) is 64.2 Å². The highest BCUT2D eigenvalue weighted by molar-refractivity contribution is 5.77. The molecule has 1 saturated carbocycles. The second-order valence-electron chi connectivity index (χ2n) is 6.23. The number of nitrogens with two attached hydrogens (primary N) is 1. The summed E-state index contributed by atoms with van der Waals surface area (Å²) in [6, 6.07) is 0. The summed E-state index contributed by atoms with van der Waals surface area (Å²) in [6.45, 7) is 1.60. The highest BCUT2D eigenvalue weighted by Crippen LogP contribution is 2.28. The molecule has 2 aliphatic rings. The van der Waals surface area contributed by atoms with Gasteiger partial charge in [0.15, 0.2) is 0 Å². The van der Waals surface area contributed by atoms with E-state index >= 15 is 0 Å². The minimum atomic E-state index is -0.246. The minimum Gasteiger partial charge on any atom is -0.378 e. The zero-order chi connectivity index (χ0) is 13.6. The van der Waals surface area contributed by atoms with E-state index in [1.165, 1.54) is 32.1 Å². The van der Waals surface area contributed by atoms with Gasteiger partial charge in [-0.1, -0.05) is 19.3 Å². The molecule has 2 rings (SSSR count). The third-order valence-electron chi connectivity index (χ3n) is 4.42. The molecule has 0 radical (unpaired) electrons. The van der Waals surface area contributed by atoms with Crippen molar-refractivity contribution in [1.82, 2.24) is 5.32 Å². The van der Waals surface area contributed by atoms with Crippen LogP contribution in [0, 0.1) is 0 Å². The maximum absolute atomic E-state index is 11.9. The van der Waals surface area contributed by atoms with E-state index in [0.29, 0.717) is 12.5 Å². The van der Waals surface area contributed by atoms with Gasteiger partial charge in [0.1, 0.15) is 0 Å². The minimum absolute atomic E-state index is 0.111. The smallest absolute Gasteiger partial charge is 0.221 e. The van der Waals surface area contributed by atoms with Gasteiger partial charge < -0.3 is 15.8 Å². The Bertz CT molecular complexity index is 282. The van der Waals surface area contributed by atoms with Crippen LogP contribution in [0.3, 0.4) is 0 Å². The molecule has 0 aromatic carbocycles. The van der Waals surface area contributed by atoms with Gasteiger partial charge in [0.2, 0.25) is 5.91 Å². The van der Waals surface area contributed by atoms with Crippen molar-refractivity contribution in [3.63, 3.8) is 0 Å². The van der Waals surface area contributed by atoms with Crippen molar-refractivity contribution in [3.05, 3.63) is 0 Å². The monoisotopic (exact) mass is 268 g/mol. The van der Waals surface area contributed by atoms with E-state index in [1.54, 1.807) is 0 Å². The number of amides is 1. The molecule has 0 aromatic heterocycles. The lowest BCUT2D eigenvalue weighted by molar-refractivity contribution is -0.122. The largest absolute Gasteiger partial charge is 0.378 e. The van der Waals surface area contributed by atoms with Gasteiger partial charge in [0, 0.05) is 25.1 Å². The average Bonchev–Trinajstić information content (AvgIpc) is 2.40. The molecule has 0 spiro atoms. The molecule has 0 aromatic rings. The Labute approximate surface area is 116 Å². The molecule has 1 aliphatic heterocycles. The maximum Gasteiger partial charge on any atom is 0.221 e. The lowest BCUT2D eigenvalue weighted by Gasteiger charge is -2.32. The van der Waals surface area contributed by atoms with Crippen LogP contribution >= 0.6 is 0 Å². The molecule has 4 nitrogen and oxygen atoms in total.